The first kappa shape index (κ1) is 13.4. The lowest BCUT2D eigenvalue weighted by Gasteiger charge is -2.19. The van der Waals surface area contributed by atoms with Crippen molar-refractivity contribution in [2.75, 3.05) is 25.6 Å². The Hall–Kier alpha value is -2.08. The molecule has 0 saturated carbocycles. The van der Waals surface area contributed by atoms with Crippen LogP contribution in [0.15, 0.2) is 6.07 Å². The second kappa shape index (κ2) is 5.27. The Labute approximate surface area is 110 Å². The maximum Gasteiger partial charge on any atom is 0.168 e. The molecule has 19 heavy (non-hydrogen) atoms. The minimum atomic E-state index is -0.335. The summed E-state index contributed by atoms with van der Waals surface area (Å²) in [6, 6.07) is 1.25. The van der Waals surface area contributed by atoms with Crippen LogP contribution in [0.2, 0.25) is 0 Å². The molecule has 0 heterocycles. The van der Waals surface area contributed by atoms with E-state index in [2.05, 4.69) is 5.32 Å². The number of carbonyl (C=O) groups excluding carboxylic acids is 2. The third kappa shape index (κ3) is 2.39. The summed E-state index contributed by atoms with van der Waals surface area (Å²) in [7, 11) is 1.54. The van der Waals surface area contributed by atoms with Crippen LogP contribution in [0.1, 0.15) is 33.6 Å². The standard InChI is InChI=1S/C13H15NO5/c1-19-5-4-14-7-6-10(17)11-8(15)2-3-9(16)12(11)13(7)18/h6,14,17-18H,2-5H2,1H3. The molecule has 1 aliphatic carbocycles. The average molecular weight is 265 g/mol. The SMILES string of the molecule is COCCNc1cc(O)c2c(c1O)C(=O)CCC2=O. The minimum absolute atomic E-state index is 0.0559. The molecule has 1 aromatic rings. The molecule has 0 spiro atoms. The first-order valence-electron chi connectivity index (χ1n) is 5.94. The number of carbonyl (C=O) groups is 2. The fraction of sp³-hybridized carbons (Fsp3) is 0.385. The van der Waals surface area contributed by atoms with Gasteiger partial charge in [0.2, 0.25) is 0 Å². The van der Waals surface area contributed by atoms with Gasteiger partial charge in [0.25, 0.3) is 0 Å². The molecule has 0 unspecified atom stereocenters. The van der Waals surface area contributed by atoms with Crippen molar-refractivity contribution in [2.45, 2.75) is 12.8 Å². The summed E-state index contributed by atoms with van der Waals surface area (Å²) in [6.07, 6.45) is 0.121. The lowest BCUT2D eigenvalue weighted by Crippen LogP contribution is -2.18. The predicted molar refractivity (Wildman–Crippen MR) is 68.0 cm³/mol. The molecule has 6 heteroatoms. The first-order chi connectivity index (χ1) is 9.06. The second-order valence-electron chi connectivity index (χ2n) is 4.31. The van der Waals surface area contributed by atoms with Gasteiger partial charge in [0.15, 0.2) is 11.6 Å². The molecule has 3 N–H and O–H groups in total. The molecule has 102 valence electrons. The van der Waals surface area contributed by atoms with E-state index >= 15 is 0 Å². The van der Waals surface area contributed by atoms with E-state index in [1.165, 1.54) is 13.2 Å². The molecule has 6 nitrogen and oxygen atoms in total. The zero-order valence-electron chi connectivity index (χ0n) is 10.5. The van der Waals surface area contributed by atoms with E-state index in [0.717, 1.165) is 0 Å². The highest BCUT2D eigenvalue weighted by Crippen LogP contribution is 2.40. The quantitative estimate of drug-likeness (QED) is 0.431. The van der Waals surface area contributed by atoms with Gasteiger partial charge in [0.05, 0.1) is 23.4 Å². The second-order valence-corrected chi connectivity index (χ2v) is 4.31. The van der Waals surface area contributed by atoms with E-state index in [1.807, 2.05) is 0 Å². The minimum Gasteiger partial charge on any atom is -0.507 e. The van der Waals surface area contributed by atoms with Crippen LogP contribution in [0.4, 0.5) is 5.69 Å². The first-order valence-corrected chi connectivity index (χ1v) is 5.94. The van der Waals surface area contributed by atoms with Crippen LogP contribution in [-0.2, 0) is 4.74 Å². The van der Waals surface area contributed by atoms with Crippen molar-refractivity contribution in [2.24, 2.45) is 0 Å². The Morgan fingerprint density at radius 1 is 1.21 bits per heavy atom. The van der Waals surface area contributed by atoms with Gasteiger partial charge in [-0.25, -0.2) is 0 Å². The van der Waals surface area contributed by atoms with Gasteiger partial charge in [0, 0.05) is 32.6 Å². The number of phenols is 2. The van der Waals surface area contributed by atoms with Gasteiger partial charge >= 0.3 is 0 Å². The van der Waals surface area contributed by atoms with Gasteiger partial charge in [0.1, 0.15) is 11.5 Å². The molecular weight excluding hydrogens is 250 g/mol. The van der Waals surface area contributed by atoms with E-state index < -0.39 is 0 Å². The summed E-state index contributed by atoms with van der Waals surface area (Å²) < 4.78 is 4.86. The molecule has 0 radical (unpaired) electrons. The third-order valence-corrected chi connectivity index (χ3v) is 3.04. The van der Waals surface area contributed by atoms with Crippen LogP contribution in [0.25, 0.3) is 0 Å². The van der Waals surface area contributed by atoms with Crippen LogP contribution < -0.4 is 5.32 Å². The molecule has 0 atom stereocenters. The van der Waals surface area contributed by atoms with Crippen molar-refractivity contribution in [1.82, 2.24) is 0 Å². The van der Waals surface area contributed by atoms with Crippen molar-refractivity contribution in [3.05, 3.63) is 17.2 Å². The Bertz CT molecular complexity index is 538. The lowest BCUT2D eigenvalue weighted by atomic mass is 9.87. The maximum absolute atomic E-state index is 11.8. The summed E-state index contributed by atoms with van der Waals surface area (Å²) >= 11 is 0. The molecule has 1 aliphatic rings. The number of rotatable bonds is 4. The normalized spacial score (nSPS) is 14.4. The van der Waals surface area contributed by atoms with E-state index in [-0.39, 0.29) is 52.7 Å². The summed E-state index contributed by atoms with van der Waals surface area (Å²) in [5, 5.41) is 22.8. The average Bonchev–Trinajstić information content (AvgIpc) is 2.38. The maximum atomic E-state index is 11.8. The number of ether oxygens (including phenoxy) is 1. The number of anilines is 1. The van der Waals surface area contributed by atoms with Crippen molar-refractivity contribution in [3.8, 4) is 11.5 Å². The zero-order valence-corrected chi connectivity index (χ0v) is 10.5. The number of hydrogen-bond donors (Lipinski definition) is 3. The molecule has 0 bridgehead atoms. The number of fused-ring (bicyclic) bond motifs is 1. The number of hydrogen-bond acceptors (Lipinski definition) is 6. The van der Waals surface area contributed by atoms with Gasteiger partial charge in [-0.15, -0.1) is 0 Å². The summed E-state index contributed by atoms with van der Waals surface area (Å²) in [4.78, 5) is 23.5. The van der Waals surface area contributed by atoms with Crippen molar-refractivity contribution in [3.63, 3.8) is 0 Å². The van der Waals surface area contributed by atoms with Crippen molar-refractivity contribution >= 4 is 17.3 Å². The van der Waals surface area contributed by atoms with Gasteiger partial charge in [-0.3, -0.25) is 9.59 Å². The monoisotopic (exact) mass is 265 g/mol. The topological polar surface area (TPSA) is 95.9 Å². The fourth-order valence-corrected chi connectivity index (χ4v) is 2.11. The number of phenolic OH excluding ortho intramolecular Hbond substituents is 2. The van der Waals surface area contributed by atoms with E-state index in [9.17, 15) is 19.8 Å². The number of methoxy groups -OCH3 is 1. The van der Waals surface area contributed by atoms with Crippen LogP contribution in [0, 0.1) is 0 Å². The molecule has 0 amide bonds. The van der Waals surface area contributed by atoms with Crippen LogP contribution in [0.5, 0.6) is 11.5 Å². The number of benzene rings is 1. The lowest BCUT2D eigenvalue weighted by molar-refractivity contribution is 0.0885. The number of Topliss-reactive ketones (excluding diaryl/α,β-unsaturated/α-hetero) is 2. The summed E-state index contributed by atoms with van der Waals surface area (Å²) in [5.41, 5.74) is 0.0542. The van der Waals surface area contributed by atoms with Gasteiger partial charge in [-0.1, -0.05) is 0 Å². The van der Waals surface area contributed by atoms with Crippen LogP contribution in [0.3, 0.4) is 0 Å². The highest BCUT2D eigenvalue weighted by Gasteiger charge is 2.31. The van der Waals surface area contributed by atoms with Gasteiger partial charge in [-0.2, -0.15) is 0 Å². The van der Waals surface area contributed by atoms with E-state index in [4.69, 9.17) is 4.74 Å². The van der Waals surface area contributed by atoms with Gasteiger partial charge < -0.3 is 20.3 Å². The van der Waals surface area contributed by atoms with Gasteiger partial charge in [-0.05, 0) is 0 Å². The largest absolute Gasteiger partial charge is 0.507 e. The summed E-state index contributed by atoms with van der Waals surface area (Å²) in [5.74, 6) is -1.24. The van der Waals surface area contributed by atoms with Crippen LogP contribution >= 0.6 is 0 Å². The molecule has 0 aromatic heterocycles. The highest BCUT2D eigenvalue weighted by atomic mass is 16.5. The number of nitrogens with one attached hydrogen (secondary N) is 1. The molecular formula is C13H15NO5. The Balaban J connectivity index is 2.44. The highest BCUT2D eigenvalue weighted by molar-refractivity contribution is 6.17. The molecule has 2 rings (SSSR count). The predicted octanol–water partition coefficient (Wildman–Crippen LogP) is 1.32. The zero-order chi connectivity index (χ0) is 14.0. The fourth-order valence-electron chi connectivity index (χ4n) is 2.11. The molecule has 0 fully saturated rings. The Kier molecular flexibility index (Phi) is 3.71. The number of aromatic hydroxyl groups is 2. The molecule has 0 saturated heterocycles. The molecule has 0 aliphatic heterocycles. The van der Waals surface area contributed by atoms with Crippen LogP contribution in [-0.4, -0.2) is 42.0 Å². The number of ketones is 2. The molecule has 1 aromatic carbocycles. The van der Waals surface area contributed by atoms with Crippen molar-refractivity contribution < 1.29 is 24.5 Å². The summed E-state index contributed by atoms with van der Waals surface area (Å²) in [6.45, 7) is 0.814. The Morgan fingerprint density at radius 2 is 1.84 bits per heavy atom. The third-order valence-electron chi connectivity index (χ3n) is 3.04. The Morgan fingerprint density at radius 3 is 2.47 bits per heavy atom. The van der Waals surface area contributed by atoms with E-state index in [0.29, 0.717) is 13.2 Å². The van der Waals surface area contributed by atoms with E-state index in [1.54, 1.807) is 0 Å². The van der Waals surface area contributed by atoms with Crippen molar-refractivity contribution in [1.29, 1.82) is 0 Å². The smallest absolute Gasteiger partial charge is 0.168 e.